The molecule has 0 N–H and O–H groups in total. The van der Waals surface area contributed by atoms with Gasteiger partial charge >= 0.3 is 0 Å². The second-order valence-corrected chi connectivity index (χ2v) is 6.41. The fourth-order valence-corrected chi connectivity index (χ4v) is 3.58. The van der Waals surface area contributed by atoms with Crippen molar-refractivity contribution in [2.45, 2.75) is 0 Å². The largest absolute Gasteiger partial charge is 0.454 e. The molecule has 122 valence electrons. The van der Waals surface area contributed by atoms with Gasteiger partial charge in [-0.2, -0.15) is 0 Å². The number of aromatic nitrogens is 3. The summed E-state index contributed by atoms with van der Waals surface area (Å²) in [6.45, 7) is 0. The highest BCUT2D eigenvalue weighted by Gasteiger charge is 2.12. The normalized spacial score (nSPS) is 11.8. The second-order valence-electron chi connectivity index (χ2n) is 6.41. The lowest BCUT2D eigenvalue weighted by molar-refractivity contribution is 0.629. The number of pyridine rings is 1. The standard InChI is InChI=1S/C22H13N3O/c1-3-7-18-14(5-1)12-21-23-13-16-9-10-17(24-22(16)25(18)21)20-11-15-6-2-4-8-19(15)26-20/h1-13H. The van der Waals surface area contributed by atoms with Crippen molar-refractivity contribution in [3.05, 3.63) is 79.0 Å². The summed E-state index contributed by atoms with van der Waals surface area (Å²) in [4.78, 5) is 9.50. The van der Waals surface area contributed by atoms with Crippen molar-refractivity contribution in [1.29, 1.82) is 0 Å². The molecule has 0 aliphatic rings. The Labute approximate surface area is 148 Å². The van der Waals surface area contributed by atoms with E-state index in [-0.39, 0.29) is 0 Å². The number of rotatable bonds is 1. The van der Waals surface area contributed by atoms with E-state index in [4.69, 9.17) is 9.40 Å². The molecule has 4 heteroatoms. The van der Waals surface area contributed by atoms with E-state index in [1.807, 2.05) is 60.8 Å². The molecule has 0 aliphatic heterocycles. The van der Waals surface area contributed by atoms with Gasteiger partial charge < -0.3 is 4.42 Å². The summed E-state index contributed by atoms with van der Waals surface area (Å²) in [6.07, 6.45) is 1.87. The summed E-state index contributed by atoms with van der Waals surface area (Å²) in [5.41, 5.74) is 4.58. The Morgan fingerprint density at radius 1 is 0.769 bits per heavy atom. The first-order chi connectivity index (χ1) is 12.9. The van der Waals surface area contributed by atoms with Crippen LogP contribution in [0.1, 0.15) is 0 Å². The lowest BCUT2D eigenvalue weighted by Gasteiger charge is -2.04. The average molecular weight is 335 g/mol. The summed E-state index contributed by atoms with van der Waals surface area (Å²) < 4.78 is 8.10. The Balaban J connectivity index is 1.69. The molecule has 0 fully saturated rings. The summed E-state index contributed by atoms with van der Waals surface area (Å²) >= 11 is 0. The van der Waals surface area contributed by atoms with Crippen molar-refractivity contribution in [1.82, 2.24) is 14.4 Å². The van der Waals surface area contributed by atoms with Gasteiger partial charge in [0.15, 0.2) is 5.76 Å². The summed E-state index contributed by atoms with van der Waals surface area (Å²) in [6, 6.07) is 24.4. The number of benzene rings is 2. The molecule has 6 aromatic rings. The van der Waals surface area contributed by atoms with Crippen LogP contribution in [0.25, 0.3) is 50.0 Å². The van der Waals surface area contributed by atoms with Crippen LogP contribution in [0.15, 0.2) is 83.4 Å². The van der Waals surface area contributed by atoms with Gasteiger partial charge in [-0.05, 0) is 36.4 Å². The van der Waals surface area contributed by atoms with Gasteiger partial charge in [-0.3, -0.25) is 4.40 Å². The molecule has 0 atom stereocenters. The number of hydrogen-bond donors (Lipinski definition) is 0. The second kappa shape index (κ2) is 4.92. The predicted octanol–water partition coefficient (Wildman–Crippen LogP) is 5.45. The van der Waals surface area contributed by atoms with Crippen molar-refractivity contribution in [3.8, 4) is 11.5 Å². The molecule has 6 rings (SSSR count). The van der Waals surface area contributed by atoms with Gasteiger partial charge in [0.2, 0.25) is 0 Å². The van der Waals surface area contributed by atoms with Gasteiger partial charge in [0.05, 0.1) is 5.52 Å². The van der Waals surface area contributed by atoms with Gasteiger partial charge in [-0.25, -0.2) is 9.97 Å². The number of furan rings is 1. The quantitative estimate of drug-likeness (QED) is 0.401. The van der Waals surface area contributed by atoms with E-state index in [0.717, 1.165) is 50.0 Å². The molecule has 2 aromatic carbocycles. The molecular weight excluding hydrogens is 322 g/mol. The third kappa shape index (κ3) is 1.84. The van der Waals surface area contributed by atoms with Crippen molar-refractivity contribution in [2.24, 2.45) is 0 Å². The molecule has 0 spiro atoms. The third-order valence-corrected chi connectivity index (χ3v) is 4.82. The van der Waals surface area contributed by atoms with Gasteiger partial charge in [0.25, 0.3) is 0 Å². The Morgan fingerprint density at radius 2 is 1.62 bits per heavy atom. The van der Waals surface area contributed by atoms with Crippen LogP contribution in [0.4, 0.5) is 0 Å². The third-order valence-electron chi connectivity index (χ3n) is 4.82. The molecule has 4 nitrogen and oxygen atoms in total. The van der Waals surface area contributed by atoms with Gasteiger partial charge in [0.1, 0.15) is 22.6 Å². The first kappa shape index (κ1) is 13.6. The number of hydrogen-bond acceptors (Lipinski definition) is 3. The maximum atomic E-state index is 6.00. The highest BCUT2D eigenvalue weighted by molar-refractivity contribution is 5.92. The topological polar surface area (TPSA) is 43.3 Å². The lowest BCUT2D eigenvalue weighted by atomic mass is 10.2. The minimum absolute atomic E-state index is 0.773. The monoisotopic (exact) mass is 335 g/mol. The van der Waals surface area contributed by atoms with Crippen molar-refractivity contribution < 1.29 is 4.42 Å². The van der Waals surface area contributed by atoms with Crippen LogP contribution in [0, 0.1) is 0 Å². The van der Waals surface area contributed by atoms with E-state index >= 15 is 0 Å². The minimum Gasteiger partial charge on any atom is -0.454 e. The molecule has 26 heavy (non-hydrogen) atoms. The molecule has 0 saturated heterocycles. The number of fused-ring (bicyclic) bond motifs is 6. The predicted molar refractivity (Wildman–Crippen MR) is 103 cm³/mol. The molecule has 0 unspecified atom stereocenters. The summed E-state index contributed by atoms with van der Waals surface area (Å²) in [7, 11) is 0. The molecule has 0 radical (unpaired) electrons. The Hall–Kier alpha value is -3.66. The van der Waals surface area contributed by atoms with Crippen LogP contribution in [0.5, 0.6) is 0 Å². The molecular formula is C22H13N3O. The Morgan fingerprint density at radius 3 is 2.54 bits per heavy atom. The average Bonchev–Trinajstić information content (AvgIpc) is 3.29. The summed E-state index contributed by atoms with van der Waals surface area (Å²) in [5.74, 6) is 0.773. The first-order valence-corrected chi connectivity index (χ1v) is 8.52. The molecule has 0 bridgehead atoms. The molecule has 0 saturated carbocycles. The molecule has 0 amide bonds. The zero-order valence-electron chi connectivity index (χ0n) is 13.8. The van der Waals surface area contributed by atoms with E-state index in [0.29, 0.717) is 0 Å². The van der Waals surface area contributed by atoms with Crippen LogP contribution in [-0.2, 0) is 0 Å². The van der Waals surface area contributed by atoms with E-state index in [1.54, 1.807) is 0 Å². The van der Waals surface area contributed by atoms with E-state index < -0.39 is 0 Å². The molecule has 0 aliphatic carbocycles. The maximum absolute atomic E-state index is 6.00. The van der Waals surface area contributed by atoms with E-state index in [2.05, 4.69) is 27.6 Å². The summed E-state index contributed by atoms with van der Waals surface area (Å²) in [5, 5.41) is 3.23. The Bertz CT molecular complexity index is 1410. The van der Waals surface area contributed by atoms with Crippen LogP contribution < -0.4 is 0 Å². The van der Waals surface area contributed by atoms with Gasteiger partial charge in [0, 0.05) is 22.4 Å². The number of para-hydroxylation sites is 2. The fraction of sp³-hybridized carbons (Fsp3) is 0. The first-order valence-electron chi connectivity index (χ1n) is 8.52. The lowest BCUT2D eigenvalue weighted by Crippen LogP contribution is -1.94. The number of nitrogens with zero attached hydrogens (tertiary/aromatic N) is 3. The zero-order valence-corrected chi connectivity index (χ0v) is 13.8. The van der Waals surface area contributed by atoms with E-state index in [9.17, 15) is 0 Å². The fourth-order valence-electron chi connectivity index (χ4n) is 3.58. The van der Waals surface area contributed by atoms with Crippen LogP contribution in [0.2, 0.25) is 0 Å². The van der Waals surface area contributed by atoms with E-state index in [1.165, 1.54) is 0 Å². The minimum atomic E-state index is 0.773. The van der Waals surface area contributed by atoms with Crippen molar-refractivity contribution in [3.63, 3.8) is 0 Å². The maximum Gasteiger partial charge on any atom is 0.153 e. The zero-order chi connectivity index (χ0) is 17.1. The van der Waals surface area contributed by atoms with Crippen molar-refractivity contribution >= 4 is 38.6 Å². The highest BCUT2D eigenvalue weighted by Crippen LogP contribution is 2.29. The van der Waals surface area contributed by atoms with Crippen LogP contribution >= 0.6 is 0 Å². The van der Waals surface area contributed by atoms with Gasteiger partial charge in [-0.1, -0.05) is 36.4 Å². The SMILES string of the molecule is c1ccc2oc(-c3ccc4cnc5cc6ccccc6n5c4n3)cc2c1. The van der Waals surface area contributed by atoms with Crippen LogP contribution in [0.3, 0.4) is 0 Å². The smallest absolute Gasteiger partial charge is 0.153 e. The molecule has 4 heterocycles. The van der Waals surface area contributed by atoms with Crippen molar-refractivity contribution in [2.75, 3.05) is 0 Å². The molecule has 4 aromatic heterocycles. The van der Waals surface area contributed by atoms with Gasteiger partial charge in [-0.15, -0.1) is 0 Å². The van der Waals surface area contributed by atoms with Crippen LogP contribution in [-0.4, -0.2) is 14.4 Å². The highest BCUT2D eigenvalue weighted by atomic mass is 16.3. The Kier molecular flexibility index (Phi) is 2.58.